The van der Waals surface area contributed by atoms with E-state index >= 15 is 0 Å². The van der Waals surface area contributed by atoms with Gasteiger partial charge in [0.2, 0.25) is 5.91 Å². The van der Waals surface area contributed by atoms with Crippen LogP contribution in [-0.2, 0) is 16.1 Å². The number of halogens is 1. The molecule has 0 spiro atoms. The van der Waals surface area contributed by atoms with Crippen LogP contribution in [0.5, 0.6) is 0 Å². The number of nitrogens with zero attached hydrogens (tertiary/aromatic N) is 2. The minimum atomic E-state index is 0. The Balaban J connectivity index is 0.00000220. The Morgan fingerprint density at radius 2 is 2.14 bits per heavy atom. The summed E-state index contributed by atoms with van der Waals surface area (Å²) in [4.78, 5) is 17.8. The first-order valence-corrected chi connectivity index (χ1v) is 6.62. The van der Waals surface area contributed by atoms with Gasteiger partial charge in [0.15, 0.2) is 5.96 Å². The molecule has 1 saturated heterocycles. The van der Waals surface area contributed by atoms with Crippen molar-refractivity contribution in [3.8, 4) is 0 Å². The lowest BCUT2D eigenvalue weighted by molar-refractivity contribution is -0.134. The third-order valence-electron chi connectivity index (χ3n) is 3.00. The molecule has 0 unspecified atom stereocenters. The summed E-state index contributed by atoms with van der Waals surface area (Å²) in [5, 5.41) is 6.07. The third kappa shape index (κ3) is 5.92. The number of ether oxygens (including phenoxy) is 1. The molecule has 0 aromatic carbocycles. The number of aliphatic imine (C=N–C) groups is 1. The minimum absolute atomic E-state index is 0. The average Bonchev–Trinajstić information content (AvgIpc) is 3.01. The van der Waals surface area contributed by atoms with Gasteiger partial charge in [-0.15, -0.1) is 24.0 Å². The minimum Gasteiger partial charge on any atom is -0.467 e. The molecule has 0 aliphatic carbocycles. The maximum Gasteiger partial charge on any atom is 0.242 e. The molecule has 0 atom stereocenters. The molecule has 1 aromatic heterocycles. The molecule has 21 heavy (non-hydrogen) atoms. The number of hydrogen-bond donors (Lipinski definition) is 2. The molecule has 118 valence electrons. The molecule has 7 nitrogen and oxygen atoms in total. The average molecular weight is 408 g/mol. The molecular formula is C13H21IN4O3. The zero-order valence-corrected chi connectivity index (χ0v) is 14.3. The predicted molar refractivity (Wildman–Crippen MR) is 89.7 cm³/mol. The lowest BCUT2D eigenvalue weighted by atomic mass is 10.4. The van der Waals surface area contributed by atoms with Crippen molar-refractivity contribution in [2.45, 2.75) is 6.54 Å². The van der Waals surface area contributed by atoms with E-state index in [0.717, 1.165) is 5.76 Å². The summed E-state index contributed by atoms with van der Waals surface area (Å²) >= 11 is 0. The summed E-state index contributed by atoms with van der Waals surface area (Å²) < 4.78 is 10.4. The van der Waals surface area contributed by atoms with Gasteiger partial charge in [-0.25, -0.2) is 0 Å². The second kappa shape index (κ2) is 9.61. The normalized spacial score (nSPS) is 15.3. The van der Waals surface area contributed by atoms with Gasteiger partial charge in [-0.2, -0.15) is 0 Å². The number of hydrogen-bond acceptors (Lipinski definition) is 4. The molecule has 1 fully saturated rings. The molecular weight excluding hydrogens is 387 g/mol. The summed E-state index contributed by atoms with van der Waals surface area (Å²) in [6, 6.07) is 3.70. The maximum atomic E-state index is 12.0. The van der Waals surface area contributed by atoms with Gasteiger partial charge in [-0.1, -0.05) is 0 Å². The Hall–Kier alpha value is -1.29. The lowest BCUT2D eigenvalue weighted by Crippen LogP contribution is -2.47. The van der Waals surface area contributed by atoms with Gasteiger partial charge >= 0.3 is 0 Å². The molecule has 1 aliphatic heterocycles. The van der Waals surface area contributed by atoms with E-state index < -0.39 is 0 Å². The van der Waals surface area contributed by atoms with E-state index in [4.69, 9.17) is 9.15 Å². The Labute approximate surface area is 141 Å². The number of nitrogens with one attached hydrogen (secondary N) is 2. The van der Waals surface area contributed by atoms with E-state index in [1.54, 1.807) is 18.2 Å². The van der Waals surface area contributed by atoms with Crippen LogP contribution in [0.1, 0.15) is 5.76 Å². The molecule has 0 bridgehead atoms. The van der Waals surface area contributed by atoms with Crippen LogP contribution in [0.3, 0.4) is 0 Å². The van der Waals surface area contributed by atoms with Crippen molar-refractivity contribution < 1.29 is 13.9 Å². The molecule has 8 heteroatoms. The molecule has 2 N–H and O–H groups in total. The zero-order chi connectivity index (χ0) is 14.2. The van der Waals surface area contributed by atoms with Gasteiger partial charge in [0.1, 0.15) is 5.76 Å². The van der Waals surface area contributed by atoms with Crippen molar-refractivity contribution in [3.05, 3.63) is 24.2 Å². The van der Waals surface area contributed by atoms with E-state index in [1.165, 1.54) is 0 Å². The van der Waals surface area contributed by atoms with Crippen LogP contribution in [0.2, 0.25) is 0 Å². The Morgan fingerprint density at radius 3 is 2.76 bits per heavy atom. The van der Waals surface area contributed by atoms with E-state index in [0.29, 0.717) is 38.8 Å². The first kappa shape index (κ1) is 17.8. The largest absolute Gasteiger partial charge is 0.467 e. The van der Waals surface area contributed by atoms with E-state index in [9.17, 15) is 4.79 Å². The van der Waals surface area contributed by atoms with Gasteiger partial charge in [0, 0.05) is 20.1 Å². The number of furan rings is 1. The molecule has 0 saturated carbocycles. The summed E-state index contributed by atoms with van der Waals surface area (Å²) in [7, 11) is 1.66. The zero-order valence-electron chi connectivity index (χ0n) is 12.0. The number of morpholine rings is 1. The maximum absolute atomic E-state index is 12.0. The van der Waals surface area contributed by atoms with Crippen LogP contribution in [0.15, 0.2) is 27.8 Å². The van der Waals surface area contributed by atoms with Crippen LogP contribution in [-0.4, -0.2) is 56.7 Å². The van der Waals surface area contributed by atoms with Gasteiger partial charge in [0.25, 0.3) is 0 Å². The highest BCUT2D eigenvalue weighted by molar-refractivity contribution is 14.0. The topological polar surface area (TPSA) is 79.1 Å². The quantitative estimate of drug-likeness (QED) is 0.429. The fourth-order valence-corrected chi connectivity index (χ4v) is 1.89. The lowest BCUT2D eigenvalue weighted by Gasteiger charge is -2.27. The van der Waals surface area contributed by atoms with Gasteiger partial charge in [0.05, 0.1) is 32.6 Å². The summed E-state index contributed by atoms with van der Waals surface area (Å²) in [5.74, 6) is 1.43. The van der Waals surface area contributed by atoms with Crippen molar-refractivity contribution in [2.75, 3.05) is 39.9 Å². The van der Waals surface area contributed by atoms with Crippen molar-refractivity contribution in [2.24, 2.45) is 4.99 Å². The highest BCUT2D eigenvalue weighted by atomic mass is 127. The second-order valence-electron chi connectivity index (χ2n) is 4.35. The van der Waals surface area contributed by atoms with E-state index in [1.807, 2.05) is 12.1 Å². The van der Waals surface area contributed by atoms with E-state index in [-0.39, 0.29) is 36.4 Å². The Kier molecular flexibility index (Phi) is 8.13. The molecule has 1 aliphatic rings. The van der Waals surface area contributed by atoms with Crippen molar-refractivity contribution in [1.29, 1.82) is 0 Å². The van der Waals surface area contributed by atoms with Gasteiger partial charge in [-0.3, -0.25) is 9.79 Å². The van der Waals surface area contributed by atoms with Crippen LogP contribution in [0.25, 0.3) is 0 Å². The number of amides is 1. The Bertz CT molecular complexity index is 444. The summed E-state index contributed by atoms with van der Waals surface area (Å²) in [5.41, 5.74) is 0. The summed E-state index contributed by atoms with van der Waals surface area (Å²) in [6.45, 7) is 3.27. The van der Waals surface area contributed by atoms with Gasteiger partial charge < -0.3 is 24.7 Å². The number of carbonyl (C=O) groups excluding carboxylic acids is 1. The van der Waals surface area contributed by atoms with E-state index in [2.05, 4.69) is 15.6 Å². The molecule has 1 aromatic rings. The molecule has 2 heterocycles. The van der Waals surface area contributed by atoms with Crippen LogP contribution in [0, 0.1) is 0 Å². The number of rotatable bonds is 4. The van der Waals surface area contributed by atoms with Crippen LogP contribution >= 0.6 is 24.0 Å². The van der Waals surface area contributed by atoms with Crippen molar-refractivity contribution in [3.63, 3.8) is 0 Å². The Morgan fingerprint density at radius 1 is 1.38 bits per heavy atom. The standard InChI is InChI=1S/C13H20N4O3.HI/c1-14-13(15-9-11-3-2-6-20-11)16-10-12(18)17-4-7-19-8-5-17;/h2-3,6H,4-5,7-10H2,1H3,(H2,14,15,16);1H. The first-order chi connectivity index (χ1) is 9.79. The monoisotopic (exact) mass is 408 g/mol. The fraction of sp³-hybridized carbons (Fsp3) is 0.538. The smallest absolute Gasteiger partial charge is 0.242 e. The van der Waals surface area contributed by atoms with Crippen molar-refractivity contribution >= 4 is 35.8 Å². The fourth-order valence-electron chi connectivity index (χ4n) is 1.89. The number of carbonyl (C=O) groups is 1. The third-order valence-corrected chi connectivity index (χ3v) is 3.00. The highest BCUT2D eigenvalue weighted by Gasteiger charge is 2.16. The predicted octanol–water partition coefficient (Wildman–Crippen LogP) is 0.421. The summed E-state index contributed by atoms with van der Waals surface area (Å²) in [6.07, 6.45) is 1.62. The highest BCUT2D eigenvalue weighted by Crippen LogP contribution is 1.98. The molecule has 1 amide bonds. The number of guanidine groups is 1. The van der Waals surface area contributed by atoms with Crippen LogP contribution in [0.4, 0.5) is 0 Å². The molecule has 2 rings (SSSR count). The van der Waals surface area contributed by atoms with Crippen molar-refractivity contribution in [1.82, 2.24) is 15.5 Å². The molecule has 0 radical (unpaired) electrons. The second-order valence-corrected chi connectivity index (χ2v) is 4.35. The first-order valence-electron chi connectivity index (χ1n) is 6.62. The van der Waals surface area contributed by atoms with Crippen LogP contribution < -0.4 is 10.6 Å². The van der Waals surface area contributed by atoms with Gasteiger partial charge in [-0.05, 0) is 12.1 Å². The SMILES string of the molecule is CN=C(NCC(=O)N1CCOCC1)NCc1ccco1.I.